The average molecular weight is 160 g/mol. The average Bonchev–Trinajstić information content (AvgIpc) is 1.87. The highest BCUT2D eigenvalue weighted by Crippen LogP contribution is 1.84. The van der Waals surface area contributed by atoms with Crippen molar-refractivity contribution >= 4 is 0 Å². The monoisotopic (exact) mass is 160 g/mol. The molecule has 0 aliphatic carbocycles. The van der Waals surface area contributed by atoms with Crippen LogP contribution in [-0.2, 0) is 0 Å². The van der Waals surface area contributed by atoms with Crippen LogP contribution in [0.3, 0.4) is 0 Å². The number of rotatable bonds is 6. The van der Waals surface area contributed by atoms with Gasteiger partial charge in [0.05, 0.1) is 0 Å². The van der Waals surface area contributed by atoms with Gasteiger partial charge in [0.15, 0.2) is 0 Å². The lowest BCUT2D eigenvalue weighted by Gasteiger charge is -2.14. The van der Waals surface area contributed by atoms with Gasteiger partial charge in [-0.05, 0) is 6.42 Å². The van der Waals surface area contributed by atoms with Crippen LogP contribution in [0.4, 0.5) is 0 Å². The van der Waals surface area contributed by atoms with Crippen LogP contribution in [0, 0.1) is 0 Å². The van der Waals surface area contributed by atoms with Crippen molar-refractivity contribution in [3.63, 3.8) is 0 Å². The van der Waals surface area contributed by atoms with Crippen LogP contribution in [0.2, 0.25) is 0 Å². The Labute approximate surface area is 69.4 Å². The minimum Gasteiger partial charge on any atom is -0.314 e. The maximum atomic E-state index is 9.16. The van der Waals surface area contributed by atoms with Gasteiger partial charge in [-0.25, -0.2) is 0 Å². The molecular weight excluding hydrogens is 140 g/mol. The Kier molecular flexibility index (Phi) is 6.51. The highest BCUT2D eigenvalue weighted by Gasteiger charge is 1.97. The van der Waals surface area contributed by atoms with Gasteiger partial charge in [-0.3, -0.25) is 0 Å². The molecule has 0 aromatic carbocycles. The van der Waals surface area contributed by atoms with Gasteiger partial charge >= 0.3 is 0 Å². The van der Waals surface area contributed by atoms with Crippen molar-refractivity contribution in [3.05, 3.63) is 0 Å². The summed E-state index contributed by atoms with van der Waals surface area (Å²) < 4.78 is 0. The summed E-state index contributed by atoms with van der Waals surface area (Å²) >= 11 is 0. The van der Waals surface area contributed by atoms with Crippen molar-refractivity contribution in [3.8, 4) is 0 Å². The van der Waals surface area contributed by atoms with E-state index in [9.17, 15) is 0 Å². The third kappa shape index (κ3) is 7.78. The molecule has 0 spiro atoms. The summed E-state index contributed by atoms with van der Waals surface area (Å²) in [4.78, 5) is 0. The van der Waals surface area contributed by atoms with Gasteiger partial charge in [-0.1, -0.05) is 20.8 Å². The van der Waals surface area contributed by atoms with Crippen molar-refractivity contribution in [1.82, 2.24) is 10.4 Å². The van der Waals surface area contributed by atoms with E-state index in [2.05, 4.69) is 26.1 Å². The predicted octanol–water partition coefficient (Wildman–Crippen LogP) is 1.09. The fourth-order valence-electron chi connectivity index (χ4n) is 0.852. The van der Waals surface area contributed by atoms with Gasteiger partial charge in [0.25, 0.3) is 0 Å². The van der Waals surface area contributed by atoms with E-state index in [0.717, 1.165) is 19.5 Å². The van der Waals surface area contributed by atoms with Crippen LogP contribution in [0.5, 0.6) is 0 Å². The second-order valence-corrected chi connectivity index (χ2v) is 3.06. The van der Waals surface area contributed by atoms with E-state index in [1.54, 1.807) is 0 Å². The molecule has 0 radical (unpaired) electrons. The van der Waals surface area contributed by atoms with Crippen LogP contribution < -0.4 is 5.32 Å². The second kappa shape index (κ2) is 6.58. The highest BCUT2D eigenvalue weighted by atomic mass is 16.5. The predicted molar refractivity (Wildman–Crippen MR) is 46.8 cm³/mol. The lowest BCUT2D eigenvalue weighted by atomic mass is 10.4. The van der Waals surface area contributed by atoms with Gasteiger partial charge in [0, 0.05) is 25.7 Å². The Morgan fingerprint density at radius 1 is 1.36 bits per heavy atom. The molecule has 0 atom stereocenters. The van der Waals surface area contributed by atoms with E-state index in [1.807, 2.05) is 0 Å². The van der Waals surface area contributed by atoms with Crippen LogP contribution in [0.25, 0.3) is 0 Å². The quantitative estimate of drug-likeness (QED) is 0.571. The van der Waals surface area contributed by atoms with Crippen molar-refractivity contribution in [1.29, 1.82) is 0 Å². The van der Waals surface area contributed by atoms with Crippen molar-refractivity contribution in [2.75, 3.05) is 19.6 Å². The molecule has 68 valence electrons. The first-order valence-corrected chi connectivity index (χ1v) is 4.34. The Morgan fingerprint density at radius 3 is 2.45 bits per heavy atom. The summed E-state index contributed by atoms with van der Waals surface area (Å²) in [7, 11) is 0. The second-order valence-electron chi connectivity index (χ2n) is 3.06. The van der Waals surface area contributed by atoms with Gasteiger partial charge in [-0.2, -0.15) is 5.06 Å². The zero-order valence-electron chi connectivity index (χ0n) is 7.80. The highest BCUT2D eigenvalue weighted by molar-refractivity contribution is 4.54. The largest absolute Gasteiger partial charge is 0.314 e. The van der Waals surface area contributed by atoms with Gasteiger partial charge in [-0.15, -0.1) is 0 Å². The summed E-state index contributed by atoms with van der Waals surface area (Å²) in [6.45, 7) is 8.59. The topological polar surface area (TPSA) is 35.5 Å². The van der Waals surface area contributed by atoms with Gasteiger partial charge < -0.3 is 10.5 Å². The van der Waals surface area contributed by atoms with Crippen LogP contribution in [0.15, 0.2) is 0 Å². The fraction of sp³-hybridized carbons (Fsp3) is 1.00. The van der Waals surface area contributed by atoms with E-state index >= 15 is 0 Å². The molecule has 0 aromatic heterocycles. The Hall–Kier alpha value is -0.120. The molecule has 0 fully saturated rings. The molecule has 0 aliphatic rings. The first-order valence-electron chi connectivity index (χ1n) is 4.34. The molecule has 3 heteroatoms. The van der Waals surface area contributed by atoms with E-state index in [1.165, 1.54) is 5.06 Å². The molecule has 0 aromatic rings. The minimum atomic E-state index is 0.505. The molecule has 11 heavy (non-hydrogen) atoms. The van der Waals surface area contributed by atoms with Crippen molar-refractivity contribution < 1.29 is 5.21 Å². The number of nitrogens with zero attached hydrogens (tertiary/aromatic N) is 1. The number of nitrogens with one attached hydrogen (secondary N) is 1. The smallest absolute Gasteiger partial charge is 0.0363 e. The summed E-state index contributed by atoms with van der Waals surface area (Å²) in [6, 6.07) is 0.505. The molecule has 0 aliphatic heterocycles. The van der Waals surface area contributed by atoms with Gasteiger partial charge in [0.1, 0.15) is 0 Å². The first-order chi connectivity index (χ1) is 5.16. The molecule has 0 saturated heterocycles. The van der Waals surface area contributed by atoms with Gasteiger partial charge in [0.2, 0.25) is 0 Å². The molecule has 0 heterocycles. The fourth-order valence-corrected chi connectivity index (χ4v) is 0.852. The molecule has 0 rings (SSSR count). The number of hydrogen-bond acceptors (Lipinski definition) is 3. The first kappa shape index (κ1) is 10.9. The minimum absolute atomic E-state index is 0.505. The SMILES string of the molecule is CCCN(O)CCNC(C)C. The Balaban J connectivity index is 3.10. The van der Waals surface area contributed by atoms with Crippen molar-refractivity contribution in [2.45, 2.75) is 33.2 Å². The lowest BCUT2D eigenvalue weighted by Crippen LogP contribution is -2.33. The van der Waals surface area contributed by atoms with Crippen LogP contribution >= 0.6 is 0 Å². The Morgan fingerprint density at radius 2 is 2.00 bits per heavy atom. The molecular formula is C8H20N2O. The molecule has 0 unspecified atom stereocenters. The van der Waals surface area contributed by atoms with E-state index in [-0.39, 0.29) is 0 Å². The van der Waals surface area contributed by atoms with Crippen molar-refractivity contribution in [2.24, 2.45) is 0 Å². The third-order valence-electron chi connectivity index (χ3n) is 1.40. The number of hydroxylamine groups is 2. The molecule has 2 N–H and O–H groups in total. The third-order valence-corrected chi connectivity index (χ3v) is 1.40. The summed E-state index contributed by atoms with van der Waals surface area (Å²) in [5, 5.41) is 13.7. The maximum absolute atomic E-state index is 9.16. The standard InChI is InChI=1S/C8H20N2O/c1-4-6-10(11)7-5-9-8(2)3/h8-9,11H,4-7H2,1-3H3. The molecule has 0 amide bonds. The zero-order chi connectivity index (χ0) is 8.69. The Bertz CT molecular complexity index is 86.2. The van der Waals surface area contributed by atoms with Crippen LogP contribution in [0.1, 0.15) is 27.2 Å². The molecule has 0 saturated carbocycles. The van der Waals surface area contributed by atoms with E-state index in [0.29, 0.717) is 12.6 Å². The number of hydrogen-bond donors (Lipinski definition) is 2. The lowest BCUT2D eigenvalue weighted by molar-refractivity contribution is -0.0891. The molecule has 0 bridgehead atoms. The van der Waals surface area contributed by atoms with Crippen LogP contribution in [-0.4, -0.2) is 35.9 Å². The summed E-state index contributed by atoms with van der Waals surface area (Å²) in [6.07, 6.45) is 0.998. The van der Waals surface area contributed by atoms with E-state index < -0.39 is 0 Å². The summed E-state index contributed by atoms with van der Waals surface area (Å²) in [5.74, 6) is 0. The maximum Gasteiger partial charge on any atom is 0.0363 e. The summed E-state index contributed by atoms with van der Waals surface area (Å²) in [5.41, 5.74) is 0. The zero-order valence-corrected chi connectivity index (χ0v) is 7.80. The molecule has 3 nitrogen and oxygen atoms in total. The normalized spacial score (nSPS) is 11.5. The van der Waals surface area contributed by atoms with E-state index in [4.69, 9.17) is 5.21 Å².